The summed E-state index contributed by atoms with van der Waals surface area (Å²) in [6, 6.07) is 1.41. The Balaban J connectivity index is 1.76. The minimum Gasteiger partial charge on any atom is -0.314 e. The molecular weight excluding hydrogens is 220 g/mol. The van der Waals surface area contributed by atoms with Gasteiger partial charge in [0.05, 0.1) is 0 Å². The molecule has 1 saturated carbocycles. The predicted octanol–water partition coefficient (Wildman–Crippen LogP) is 0.875. The van der Waals surface area contributed by atoms with Crippen LogP contribution in [0.1, 0.15) is 32.1 Å². The van der Waals surface area contributed by atoms with Crippen molar-refractivity contribution >= 4 is 10.8 Å². The summed E-state index contributed by atoms with van der Waals surface area (Å²) in [6.07, 6.45) is 8.50. The fourth-order valence-corrected chi connectivity index (χ4v) is 3.59. The molecular formula is C12H24N2OS. The summed E-state index contributed by atoms with van der Waals surface area (Å²) in [5.74, 6) is 1.61. The van der Waals surface area contributed by atoms with Gasteiger partial charge in [0.2, 0.25) is 0 Å². The summed E-state index contributed by atoms with van der Waals surface area (Å²) < 4.78 is 11.0. The van der Waals surface area contributed by atoms with Gasteiger partial charge in [-0.25, -0.2) is 0 Å². The zero-order valence-electron chi connectivity index (χ0n) is 10.2. The SMILES string of the molecule is CS(=O)CCNC1CCCC1C1CCCN1. The molecule has 2 aliphatic rings. The molecule has 0 spiro atoms. The van der Waals surface area contributed by atoms with Crippen LogP contribution >= 0.6 is 0 Å². The maximum atomic E-state index is 11.0. The van der Waals surface area contributed by atoms with E-state index in [-0.39, 0.29) is 0 Å². The third kappa shape index (κ3) is 3.28. The average molecular weight is 244 g/mol. The van der Waals surface area contributed by atoms with Gasteiger partial charge in [0.1, 0.15) is 0 Å². The quantitative estimate of drug-likeness (QED) is 0.754. The molecule has 0 aromatic rings. The van der Waals surface area contributed by atoms with Crippen LogP contribution in [0.2, 0.25) is 0 Å². The molecule has 1 aliphatic heterocycles. The molecule has 2 fully saturated rings. The second kappa shape index (κ2) is 6.12. The monoisotopic (exact) mass is 244 g/mol. The molecule has 0 bridgehead atoms. The van der Waals surface area contributed by atoms with Crippen molar-refractivity contribution in [3.8, 4) is 0 Å². The van der Waals surface area contributed by atoms with Crippen LogP contribution in [-0.2, 0) is 10.8 Å². The largest absolute Gasteiger partial charge is 0.314 e. The fourth-order valence-electron chi connectivity index (χ4n) is 3.19. The minimum absolute atomic E-state index is 0.657. The normalized spacial score (nSPS) is 36.7. The molecule has 16 heavy (non-hydrogen) atoms. The van der Waals surface area contributed by atoms with Gasteiger partial charge in [0.15, 0.2) is 0 Å². The minimum atomic E-state index is -0.657. The third-order valence-electron chi connectivity index (χ3n) is 3.98. The molecule has 1 aliphatic carbocycles. The highest BCUT2D eigenvalue weighted by molar-refractivity contribution is 7.84. The first-order chi connectivity index (χ1) is 7.77. The van der Waals surface area contributed by atoms with Gasteiger partial charge in [0, 0.05) is 41.4 Å². The summed E-state index contributed by atoms with van der Waals surface area (Å²) in [5.41, 5.74) is 0. The van der Waals surface area contributed by atoms with Crippen molar-refractivity contribution in [2.24, 2.45) is 5.92 Å². The number of hydrogen-bond donors (Lipinski definition) is 2. The summed E-state index contributed by atoms with van der Waals surface area (Å²) in [7, 11) is -0.657. The van der Waals surface area contributed by atoms with E-state index >= 15 is 0 Å². The van der Waals surface area contributed by atoms with E-state index < -0.39 is 10.8 Å². The Morgan fingerprint density at radius 1 is 1.31 bits per heavy atom. The Hall–Kier alpha value is 0.0700. The van der Waals surface area contributed by atoms with Gasteiger partial charge >= 0.3 is 0 Å². The second-order valence-electron chi connectivity index (χ2n) is 5.14. The molecule has 4 unspecified atom stereocenters. The van der Waals surface area contributed by atoms with Crippen molar-refractivity contribution in [3.63, 3.8) is 0 Å². The van der Waals surface area contributed by atoms with E-state index in [0.717, 1.165) is 24.3 Å². The molecule has 1 saturated heterocycles. The Morgan fingerprint density at radius 3 is 2.88 bits per heavy atom. The number of hydrogen-bond acceptors (Lipinski definition) is 3. The van der Waals surface area contributed by atoms with Crippen LogP contribution in [0.25, 0.3) is 0 Å². The molecule has 0 aromatic carbocycles. The van der Waals surface area contributed by atoms with E-state index in [1.807, 2.05) is 0 Å². The summed E-state index contributed by atoms with van der Waals surface area (Å²) in [6.45, 7) is 2.11. The van der Waals surface area contributed by atoms with Crippen molar-refractivity contribution in [1.82, 2.24) is 10.6 Å². The molecule has 3 nitrogen and oxygen atoms in total. The van der Waals surface area contributed by atoms with E-state index in [1.54, 1.807) is 6.26 Å². The lowest BCUT2D eigenvalue weighted by atomic mass is 9.93. The lowest BCUT2D eigenvalue weighted by Gasteiger charge is -2.26. The Bertz CT molecular complexity index is 241. The third-order valence-corrected chi connectivity index (χ3v) is 4.76. The highest BCUT2D eigenvalue weighted by Crippen LogP contribution is 2.31. The van der Waals surface area contributed by atoms with Crippen molar-refractivity contribution in [1.29, 1.82) is 0 Å². The second-order valence-corrected chi connectivity index (χ2v) is 6.69. The zero-order valence-corrected chi connectivity index (χ0v) is 11.0. The van der Waals surface area contributed by atoms with Gasteiger partial charge in [-0.15, -0.1) is 0 Å². The van der Waals surface area contributed by atoms with Gasteiger partial charge in [-0.05, 0) is 38.1 Å². The summed E-state index contributed by atoms with van der Waals surface area (Å²) in [5, 5.41) is 7.23. The molecule has 0 aromatic heterocycles. The molecule has 2 rings (SSSR count). The average Bonchev–Trinajstić information content (AvgIpc) is 2.84. The van der Waals surface area contributed by atoms with Crippen molar-refractivity contribution < 1.29 is 4.21 Å². The Kier molecular flexibility index (Phi) is 4.79. The maximum Gasteiger partial charge on any atom is 0.0357 e. The summed E-state index contributed by atoms with van der Waals surface area (Å²) >= 11 is 0. The van der Waals surface area contributed by atoms with Gasteiger partial charge in [-0.1, -0.05) is 6.42 Å². The highest BCUT2D eigenvalue weighted by atomic mass is 32.2. The number of nitrogens with one attached hydrogen (secondary N) is 2. The lowest BCUT2D eigenvalue weighted by Crippen LogP contribution is -2.43. The Labute approximate surface area is 101 Å². The van der Waals surface area contributed by atoms with Crippen LogP contribution in [0.5, 0.6) is 0 Å². The van der Waals surface area contributed by atoms with Gasteiger partial charge in [-0.2, -0.15) is 0 Å². The highest BCUT2D eigenvalue weighted by Gasteiger charge is 2.34. The molecule has 1 heterocycles. The standard InChI is InChI=1S/C12H24N2OS/c1-16(15)9-8-14-11-5-2-4-10(11)12-6-3-7-13-12/h10-14H,2-9H2,1H3. The zero-order chi connectivity index (χ0) is 11.4. The van der Waals surface area contributed by atoms with Crippen molar-refractivity contribution in [3.05, 3.63) is 0 Å². The first-order valence-corrected chi connectivity index (χ1v) is 8.27. The van der Waals surface area contributed by atoms with Crippen LogP contribution in [0, 0.1) is 5.92 Å². The van der Waals surface area contributed by atoms with Gasteiger partial charge in [0.25, 0.3) is 0 Å². The molecule has 4 atom stereocenters. The van der Waals surface area contributed by atoms with E-state index in [2.05, 4.69) is 10.6 Å². The first kappa shape index (κ1) is 12.5. The molecule has 94 valence electrons. The molecule has 4 heteroatoms. The summed E-state index contributed by atoms with van der Waals surface area (Å²) in [4.78, 5) is 0. The smallest absolute Gasteiger partial charge is 0.0357 e. The van der Waals surface area contributed by atoms with Crippen LogP contribution in [0.4, 0.5) is 0 Å². The van der Waals surface area contributed by atoms with Crippen LogP contribution < -0.4 is 10.6 Å². The number of rotatable bonds is 5. The topological polar surface area (TPSA) is 41.1 Å². The van der Waals surface area contributed by atoms with Crippen LogP contribution in [0.3, 0.4) is 0 Å². The fraction of sp³-hybridized carbons (Fsp3) is 1.00. The van der Waals surface area contributed by atoms with Gasteiger partial charge in [-0.3, -0.25) is 4.21 Å². The van der Waals surface area contributed by atoms with Crippen LogP contribution in [-0.4, -0.2) is 41.4 Å². The Morgan fingerprint density at radius 2 is 2.19 bits per heavy atom. The predicted molar refractivity (Wildman–Crippen MR) is 69.1 cm³/mol. The maximum absolute atomic E-state index is 11.0. The lowest BCUT2D eigenvalue weighted by molar-refractivity contribution is 0.325. The molecule has 2 N–H and O–H groups in total. The van der Waals surface area contributed by atoms with E-state index in [9.17, 15) is 4.21 Å². The van der Waals surface area contributed by atoms with E-state index in [1.165, 1.54) is 38.6 Å². The van der Waals surface area contributed by atoms with Crippen LogP contribution in [0.15, 0.2) is 0 Å². The van der Waals surface area contributed by atoms with E-state index in [4.69, 9.17) is 0 Å². The first-order valence-electron chi connectivity index (χ1n) is 6.54. The molecule has 0 amide bonds. The van der Waals surface area contributed by atoms with Crippen molar-refractivity contribution in [2.75, 3.05) is 25.1 Å². The molecule has 0 radical (unpaired) electrons. The van der Waals surface area contributed by atoms with E-state index in [0.29, 0.717) is 6.04 Å². The van der Waals surface area contributed by atoms with Crippen molar-refractivity contribution in [2.45, 2.75) is 44.2 Å². The van der Waals surface area contributed by atoms with Gasteiger partial charge < -0.3 is 10.6 Å².